The molecule has 5 nitrogen and oxygen atoms in total. The van der Waals surface area contributed by atoms with Crippen LogP contribution < -0.4 is 9.47 Å². The van der Waals surface area contributed by atoms with E-state index in [1.54, 1.807) is 7.11 Å². The van der Waals surface area contributed by atoms with Crippen LogP contribution in [0.1, 0.15) is 24.0 Å². The predicted octanol–water partition coefficient (Wildman–Crippen LogP) is 3.17. The number of para-hydroxylation sites is 1. The quantitative estimate of drug-likeness (QED) is 0.850. The number of carbonyl (C=O) groups is 1. The molecule has 5 heteroatoms. The van der Waals surface area contributed by atoms with Crippen LogP contribution in [0.2, 0.25) is 0 Å². The van der Waals surface area contributed by atoms with E-state index in [1.807, 2.05) is 53.4 Å². The number of fused-ring (bicyclic) bond motifs is 1. The normalized spacial score (nSPS) is 18.1. The molecule has 2 aromatic rings. The van der Waals surface area contributed by atoms with Crippen molar-refractivity contribution in [1.29, 1.82) is 0 Å². The predicted molar refractivity (Wildman–Crippen MR) is 97.1 cm³/mol. The summed E-state index contributed by atoms with van der Waals surface area (Å²) in [6.07, 6.45) is 1.75. The second-order valence-electron chi connectivity index (χ2n) is 6.79. The highest BCUT2D eigenvalue weighted by atomic mass is 16.7. The molecule has 1 fully saturated rings. The van der Waals surface area contributed by atoms with Gasteiger partial charge in [0.15, 0.2) is 11.5 Å². The Balaban J connectivity index is 1.41. The molecule has 2 aromatic carbocycles. The molecule has 0 bridgehead atoms. The van der Waals surface area contributed by atoms with E-state index in [1.165, 1.54) is 0 Å². The molecule has 0 aromatic heterocycles. The van der Waals surface area contributed by atoms with Crippen LogP contribution in [0, 0.1) is 0 Å². The van der Waals surface area contributed by atoms with Crippen molar-refractivity contribution >= 4 is 5.91 Å². The van der Waals surface area contributed by atoms with Gasteiger partial charge in [-0.2, -0.15) is 0 Å². The topological polar surface area (TPSA) is 48.0 Å². The van der Waals surface area contributed by atoms with E-state index in [0.29, 0.717) is 39.0 Å². The maximum atomic E-state index is 12.6. The molecule has 4 rings (SSSR count). The van der Waals surface area contributed by atoms with Gasteiger partial charge in [-0.3, -0.25) is 4.79 Å². The smallest absolute Gasteiger partial charge is 0.226 e. The molecule has 136 valence electrons. The molecule has 0 atom stereocenters. The number of piperidine rings is 1. The maximum absolute atomic E-state index is 12.6. The summed E-state index contributed by atoms with van der Waals surface area (Å²) in [5.41, 5.74) is 2.04. The fraction of sp³-hybridized carbons (Fsp3) is 0.381. The molecule has 1 saturated heterocycles. The summed E-state index contributed by atoms with van der Waals surface area (Å²) in [4.78, 5) is 14.5. The van der Waals surface area contributed by atoms with Crippen molar-refractivity contribution in [3.05, 3.63) is 59.7 Å². The van der Waals surface area contributed by atoms with Gasteiger partial charge in [0.2, 0.25) is 11.7 Å². The minimum atomic E-state index is -0.662. The fourth-order valence-corrected chi connectivity index (χ4v) is 3.60. The van der Waals surface area contributed by atoms with E-state index >= 15 is 0 Å². The third-order valence-electron chi connectivity index (χ3n) is 5.14. The number of ether oxygens (including phenoxy) is 3. The summed E-state index contributed by atoms with van der Waals surface area (Å²) in [6, 6.07) is 15.7. The van der Waals surface area contributed by atoms with Crippen LogP contribution >= 0.6 is 0 Å². The Morgan fingerprint density at radius 3 is 2.62 bits per heavy atom. The van der Waals surface area contributed by atoms with Crippen LogP contribution in [0.5, 0.6) is 11.5 Å². The molecule has 1 amide bonds. The minimum absolute atomic E-state index is 0.153. The van der Waals surface area contributed by atoms with Crippen molar-refractivity contribution in [2.45, 2.75) is 31.7 Å². The van der Waals surface area contributed by atoms with Gasteiger partial charge in [-0.25, -0.2) is 0 Å². The summed E-state index contributed by atoms with van der Waals surface area (Å²) in [6.45, 7) is 1.77. The van der Waals surface area contributed by atoms with Gasteiger partial charge in [0, 0.05) is 31.5 Å². The Bertz CT molecular complexity index is 768. The van der Waals surface area contributed by atoms with Crippen LogP contribution in [0.25, 0.3) is 0 Å². The van der Waals surface area contributed by atoms with Gasteiger partial charge in [0.1, 0.15) is 0 Å². The van der Waals surface area contributed by atoms with Crippen molar-refractivity contribution in [3.8, 4) is 11.5 Å². The van der Waals surface area contributed by atoms with Gasteiger partial charge in [0.05, 0.1) is 20.1 Å². The Hall–Kier alpha value is -2.53. The molecule has 1 spiro atoms. The van der Waals surface area contributed by atoms with E-state index in [2.05, 4.69) is 0 Å². The van der Waals surface area contributed by atoms with Crippen molar-refractivity contribution in [2.75, 3.05) is 20.2 Å². The number of carbonyl (C=O) groups excluding carboxylic acids is 1. The maximum Gasteiger partial charge on any atom is 0.226 e. The van der Waals surface area contributed by atoms with Gasteiger partial charge in [-0.05, 0) is 11.6 Å². The highest BCUT2D eigenvalue weighted by Crippen LogP contribution is 2.42. The lowest BCUT2D eigenvalue weighted by Gasteiger charge is -2.44. The number of amides is 1. The first-order valence-electron chi connectivity index (χ1n) is 9.00. The fourth-order valence-electron chi connectivity index (χ4n) is 3.60. The molecular formula is C21H23NO4. The minimum Gasteiger partial charge on any atom is -0.493 e. The molecule has 2 aliphatic heterocycles. The van der Waals surface area contributed by atoms with Crippen LogP contribution in [-0.4, -0.2) is 36.8 Å². The van der Waals surface area contributed by atoms with Gasteiger partial charge in [0.25, 0.3) is 0 Å². The molecule has 0 aliphatic carbocycles. The SMILES string of the molecule is COc1cccc2c1OC1(CCN(C(=O)Cc3ccccc3)CC1)OC2. The highest BCUT2D eigenvalue weighted by molar-refractivity contribution is 5.78. The first kappa shape index (κ1) is 16.9. The Morgan fingerprint density at radius 1 is 1.12 bits per heavy atom. The monoisotopic (exact) mass is 353 g/mol. The molecule has 0 unspecified atom stereocenters. The second kappa shape index (κ2) is 7.00. The summed E-state index contributed by atoms with van der Waals surface area (Å²) in [7, 11) is 1.64. The van der Waals surface area contributed by atoms with Crippen LogP contribution in [0.4, 0.5) is 0 Å². The number of methoxy groups -OCH3 is 1. The highest BCUT2D eigenvalue weighted by Gasteiger charge is 2.42. The van der Waals surface area contributed by atoms with E-state index < -0.39 is 5.79 Å². The largest absolute Gasteiger partial charge is 0.493 e. The lowest BCUT2D eigenvalue weighted by atomic mass is 10.0. The first-order chi connectivity index (χ1) is 12.7. The molecule has 2 aliphatic rings. The summed E-state index contributed by atoms with van der Waals surface area (Å²) >= 11 is 0. The van der Waals surface area contributed by atoms with Crippen molar-refractivity contribution in [3.63, 3.8) is 0 Å². The molecule has 0 radical (unpaired) electrons. The summed E-state index contributed by atoms with van der Waals surface area (Å²) < 4.78 is 17.7. The lowest BCUT2D eigenvalue weighted by Crippen LogP contribution is -2.52. The van der Waals surface area contributed by atoms with E-state index in [0.717, 1.165) is 22.6 Å². The van der Waals surface area contributed by atoms with Crippen molar-refractivity contribution in [1.82, 2.24) is 4.90 Å². The number of likely N-dealkylation sites (tertiary alicyclic amines) is 1. The first-order valence-corrected chi connectivity index (χ1v) is 9.00. The average molecular weight is 353 g/mol. The zero-order valence-corrected chi connectivity index (χ0v) is 14.9. The number of nitrogens with zero attached hydrogens (tertiary/aromatic N) is 1. The van der Waals surface area contributed by atoms with Gasteiger partial charge in [-0.15, -0.1) is 0 Å². The molecular weight excluding hydrogens is 330 g/mol. The third-order valence-corrected chi connectivity index (χ3v) is 5.14. The molecule has 2 heterocycles. The Labute approximate surface area is 153 Å². The van der Waals surface area contributed by atoms with Gasteiger partial charge >= 0.3 is 0 Å². The molecule has 0 saturated carbocycles. The van der Waals surface area contributed by atoms with Crippen molar-refractivity contribution < 1.29 is 19.0 Å². The van der Waals surface area contributed by atoms with Crippen LogP contribution in [0.3, 0.4) is 0 Å². The number of benzene rings is 2. The third kappa shape index (κ3) is 3.27. The Morgan fingerprint density at radius 2 is 1.88 bits per heavy atom. The lowest BCUT2D eigenvalue weighted by molar-refractivity contribution is -0.228. The number of hydrogen-bond acceptors (Lipinski definition) is 4. The zero-order chi connectivity index (χ0) is 18.0. The standard InChI is InChI=1S/C21H23NO4/c1-24-18-9-5-8-17-15-25-21(26-20(17)18)10-12-22(13-11-21)19(23)14-16-6-3-2-4-7-16/h2-9H,10-15H2,1H3. The van der Waals surface area contributed by atoms with E-state index in [-0.39, 0.29) is 5.91 Å². The summed E-state index contributed by atoms with van der Waals surface area (Å²) in [5, 5.41) is 0. The number of hydrogen-bond donors (Lipinski definition) is 0. The van der Waals surface area contributed by atoms with Crippen molar-refractivity contribution in [2.24, 2.45) is 0 Å². The van der Waals surface area contributed by atoms with E-state index in [9.17, 15) is 4.79 Å². The molecule has 26 heavy (non-hydrogen) atoms. The average Bonchev–Trinajstić information content (AvgIpc) is 2.69. The van der Waals surface area contributed by atoms with Crippen LogP contribution in [0.15, 0.2) is 48.5 Å². The Kier molecular flexibility index (Phi) is 4.55. The van der Waals surface area contributed by atoms with Crippen LogP contribution in [-0.2, 0) is 22.6 Å². The summed E-state index contributed by atoms with van der Waals surface area (Å²) in [5.74, 6) is 0.989. The number of rotatable bonds is 3. The second-order valence-corrected chi connectivity index (χ2v) is 6.79. The molecule has 0 N–H and O–H groups in total. The van der Waals surface area contributed by atoms with Gasteiger partial charge in [-0.1, -0.05) is 42.5 Å². The van der Waals surface area contributed by atoms with E-state index in [4.69, 9.17) is 14.2 Å². The van der Waals surface area contributed by atoms with Gasteiger partial charge < -0.3 is 19.1 Å². The zero-order valence-electron chi connectivity index (χ0n) is 14.9.